The van der Waals surface area contributed by atoms with Crippen LogP contribution in [-0.2, 0) is 4.79 Å². The Balaban J connectivity index is 1.39. The van der Waals surface area contributed by atoms with Crippen molar-refractivity contribution in [3.63, 3.8) is 0 Å². The number of aryl methyl sites for hydroxylation is 1. The van der Waals surface area contributed by atoms with E-state index in [1.54, 1.807) is 18.5 Å². The molecule has 2 aromatic heterocycles. The normalized spacial score (nSPS) is 22.3. The number of benzene rings is 1. The van der Waals surface area contributed by atoms with E-state index in [1.165, 1.54) is 0 Å². The van der Waals surface area contributed by atoms with Crippen LogP contribution in [0.5, 0.6) is 0 Å². The molecule has 8 heteroatoms. The van der Waals surface area contributed by atoms with Gasteiger partial charge >= 0.3 is 0 Å². The third kappa shape index (κ3) is 3.49. The molecule has 30 heavy (non-hydrogen) atoms. The van der Waals surface area contributed by atoms with E-state index in [2.05, 4.69) is 30.2 Å². The lowest BCUT2D eigenvalue weighted by molar-refractivity contribution is -0.117. The minimum absolute atomic E-state index is 0.0809. The Kier molecular flexibility index (Phi) is 4.61. The lowest BCUT2D eigenvalue weighted by Gasteiger charge is -2.34. The summed E-state index contributed by atoms with van der Waals surface area (Å²) in [6, 6.07) is 7.37. The van der Waals surface area contributed by atoms with Crippen LogP contribution < -0.4 is 10.2 Å². The Hall–Kier alpha value is -3.42. The summed E-state index contributed by atoms with van der Waals surface area (Å²) in [7, 11) is 0. The van der Waals surface area contributed by atoms with E-state index < -0.39 is 5.82 Å². The molecule has 1 amide bonds. The molecule has 0 spiro atoms. The van der Waals surface area contributed by atoms with Crippen molar-refractivity contribution in [2.75, 3.05) is 10.2 Å². The van der Waals surface area contributed by atoms with Crippen LogP contribution in [-0.4, -0.2) is 37.9 Å². The van der Waals surface area contributed by atoms with Gasteiger partial charge in [-0.15, -0.1) is 0 Å². The lowest BCUT2D eigenvalue weighted by Crippen LogP contribution is -2.49. The van der Waals surface area contributed by atoms with E-state index in [0.29, 0.717) is 29.4 Å². The molecular formula is C22H21FN6O. The highest BCUT2D eigenvalue weighted by Gasteiger charge is 2.50. The molecule has 3 aromatic rings. The Bertz CT molecular complexity index is 1070. The Morgan fingerprint density at radius 3 is 2.67 bits per heavy atom. The maximum Gasteiger partial charge on any atom is 0.247 e. The molecule has 1 saturated carbocycles. The van der Waals surface area contributed by atoms with E-state index in [4.69, 9.17) is 0 Å². The van der Waals surface area contributed by atoms with Crippen molar-refractivity contribution in [3.8, 4) is 11.4 Å². The Morgan fingerprint density at radius 2 is 1.90 bits per heavy atom. The van der Waals surface area contributed by atoms with Crippen molar-refractivity contribution in [2.45, 2.75) is 38.3 Å². The third-order valence-electron chi connectivity index (χ3n) is 5.84. The smallest absolute Gasteiger partial charge is 0.247 e. The highest BCUT2D eigenvalue weighted by molar-refractivity contribution is 5.97. The Labute approximate surface area is 173 Å². The van der Waals surface area contributed by atoms with Crippen molar-refractivity contribution in [3.05, 3.63) is 60.4 Å². The summed E-state index contributed by atoms with van der Waals surface area (Å²) in [5.74, 6) is 1.08. The summed E-state index contributed by atoms with van der Waals surface area (Å²) < 4.78 is 13.2. The average Bonchev–Trinajstić information content (AvgIpc) is 3.55. The summed E-state index contributed by atoms with van der Waals surface area (Å²) in [6.07, 6.45) is 8.58. The molecule has 0 unspecified atom stereocenters. The lowest BCUT2D eigenvalue weighted by atomic mass is 10.0. The number of carbonyl (C=O) groups excluding carboxylic acids is 1. The van der Waals surface area contributed by atoms with Crippen molar-refractivity contribution in [1.82, 2.24) is 19.9 Å². The predicted octanol–water partition coefficient (Wildman–Crippen LogP) is 3.38. The molecule has 1 aliphatic carbocycles. The maximum absolute atomic E-state index is 13.2. The summed E-state index contributed by atoms with van der Waals surface area (Å²) >= 11 is 0. The molecule has 3 heterocycles. The van der Waals surface area contributed by atoms with Gasteiger partial charge in [0.1, 0.15) is 6.04 Å². The van der Waals surface area contributed by atoms with Gasteiger partial charge in [0.15, 0.2) is 11.6 Å². The molecule has 2 fully saturated rings. The highest BCUT2D eigenvalue weighted by Crippen LogP contribution is 2.46. The van der Waals surface area contributed by atoms with E-state index in [9.17, 15) is 9.18 Å². The highest BCUT2D eigenvalue weighted by atomic mass is 19.1. The maximum atomic E-state index is 13.2. The second kappa shape index (κ2) is 7.44. The average molecular weight is 404 g/mol. The number of nitrogens with one attached hydrogen (secondary N) is 1. The van der Waals surface area contributed by atoms with Crippen LogP contribution in [0.1, 0.15) is 24.8 Å². The number of hydrogen-bond donors (Lipinski definition) is 1. The Morgan fingerprint density at radius 1 is 1.13 bits per heavy atom. The number of fused-ring (bicyclic) bond motifs is 1. The van der Waals surface area contributed by atoms with Gasteiger partial charge in [-0.05, 0) is 55.9 Å². The summed E-state index contributed by atoms with van der Waals surface area (Å²) in [5, 5.41) is 3.03. The van der Waals surface area contributed by atoms with E-state index in [-0.39, 0.29) is 11.9 Å². The minimum atomic E-state index is -0.486. The van der Waals surface area contributed by atoms with Crippen LogP contribution >= 0.6 is 0 Å². The van der Waals surface area contributed by atoms with Crippen molar-refractivity contribution >= 4 is 17.5 Å². The summed E-state index contributed by atoms with van der Waals surface area (Å²) in [6.45, 7) is 1.93. The van der Waals surface area contributed by atoms with Gasteiger partial charge in [-0.25, -0.2) is 24.3 Å². The van der Waals surface area contributed by atoms with E-state index in [0.717, 1.165) is 42.8 Å². The summed E-state index contributed by atoms with van der Waals surface area (Å²) in [5.41, 5.74) is 2.35. The topological polar surface area (TPSA) is 83.9 Å². The first-order valence-corrected chi connectivity index (χ1v) is 10.0. The molecule has 1 N–H and O–H groups in total. The van der Waals surface area contributed by atoms with Crippen LogP contribution in [0.15, 0.2) is 49.1 Å². The SMILES string of the molecule is Cc1ccc(NC(=O)[C@@H]2CC[C@H]3C[C@H]3N2c2ncccn2)cc1-c1ncc(F)cn1. The molecular weight excluding hydrogens is 383 g/mol. The molecule has 2 aliphatic rings. The van der Waals surface area contributed by atoms with Gasteiger partial charge in [-0.3, -0.25) is 4.79 Å². The number of hydrogen-bond acceptors (Lipinski definition) is 6. The van der Waals surface area contributed by atoms with Crippen molar-refractivity contribution in [2.24, 2.45) is 5.92 Å². The number of anilines is 2. The number of carbonyl (C=O) groups is 1. The molecule has 5 rings (SSSR count). The quantitative estimate of drug-likeness (QED) is 0.718. The molecule has 7 nitrogen and oxygen atoms in total. The second-order valence-electron chi connectivity index (χ2n) is 7.86. The molecule has 0 bridgehead atoms. The number of halogens is 1. The van der Waals surface area contributed by atoms with Gasteiger partial charge in [-0.2, -0.15) is 0 Å². The largest absolute Gasteiger partial charge is 0.326 e. The van der Waals surface area contributed by atoms with Crippen LogP contribution in [0.25, 0.3) is 11.4 Å². The number of aromatic nitrogens is 4. The molecule has 152 valence electrons. The number of rotatable bonds is 4. The van der Waals surface area contributed by atoms with Gasteiger partial charge in [0.05, 0.1) is 12.4 Å². The minimum Gasteiger partial charge on any atom is -0.326 e. The molecule has 1 aromatic carbocycles. The molecule has 3 atom stereocenters. The first-order valence-electron chi connectivity index (χ1n) is 10.0. The summed E-state index contributed by atoms with van der Waals surface area (Å²) in [4.78, 5) is 32.2. The van der Waals surface area contributed by atoms with Crippen LogP contribution in [0.2, 0.25) is 0 Å². The molecule has 0 radical (unpaired) electrons. The molecule has 1 saturated heterocycles. The fourth-order valence-electron chi connectivity index (χ4n) is 4.21. The number of piperidine rings is 1. The van der Waals surface area contributed by atoms with Gasteiger partial charge in [-0.1, -0.05) is 6.07 Å². The fourth-order valence-corrected chi connectivity index (χ4v) is 4.21. The van der Waals surface area contributed by atoms with Crippen LogP contribution in [0.4, 0.5) is 16.0 Å². The monoisotopic (exact) mass is 404 g/mol. The number of amides is 1. The van der Waals surface area contributed by atoms with Crippen LogP contribution in [0.3, 0.4) is 0 Å². The fraction of sp³-hybridized carbons (Fsp3) is 0.318. The first kappa shape index (κ1) is 18.6. The zero-order valence-electron chi connectivity index (χ0n) is 16.5. The van der Waals surface area contributed by atoms with Gasteiger partial charge in [0.2, 0.25) is 11.9 Å². The number of nitrogens with zero attached hydrogens (tertiary/aromatic N) is 5. The zero-order valence-corrected chi connectivity index (χ0v) is 16.5. The predicted molar refractivity (Wildman–Crippen MR) is 110 cm³/mol. The molecule has 1 aliphatic heterocycles. The van der Waals surface area contributed by atoms with E-state index >= 15 is 0 Å². The third-order valence-corrected chi connectivity index (χ3v) is 5.84. The van der Waals surface area contributed by atoms with Gasteiger partial charge in [0, 0.05) is 29.7 Å². The van der Waals surface area contributed by atoms with Crippen molar-refractivity contribution in [1.29, 1.82) is 0 Å². The van der Waals surface area contributed by atoms with E-state index in [1.807, 2.05) is 25.1 Å². The van der Waals surface area contributed by atoms with Crippen LogP contribution in [0, 0.1) is 18.7 Å². The van der Waals surface area contributed by atoms with Crippen molar-refractivity contribution < 1.29 is 9.18 Å². The standard InChI is InChI=1S/C22H21FN6O/c1-13-3-5-16(10-17(13)20-26-11-15(23)12-27-20)28-21(30)18-6-4-14-9-19(14)29(18)22-24-7-2-8-25-22/h2-3,5,7-8,10-12,14,18-19H,4,6,9H2,1H3,(H,28,30)/t14-,18-,19+/m0/s1. The second-order valence-corrected chi connectivity index (χ2v) is 7.86. The zero-order chi connectivity index (χ0) is 20.7. The van der Waals surface area contributed by atoms with Gasteiger partial charge < -0.3 is 10.2 Å². The van der Waals surface area contributed by atoms with Gasteiger partial charge in [0.25, 0.3) is 0 Å². The first-order chi connectivity index (χ1) is 14.6.